The number of non-ortho nitro benzene ring substituents is 1. The van der Waals surface area contributed by atoms with Gasteiger partial charge in [0.15, 0.2) is 0 Å². The number of hydrazine groups is 1. The van der Waals surface area contributed by atoms with Gasteiger partial charge in [-0.1, -0.05) is 36.4 Å². The van der Waals surface area contributed by atoms with Crippen LogP contribution in [0.4, 0.5) is 5.69 Å². The molecule has 0 aliphatic carbocycles. The molecule has 0 saturated heterocycles. The maximum absolute atomic E-state index is 11.9. The van der Waals surface area contributed by atoms with Crippen LogP contribution < -0.4 is 16.2 Å². The first-order chi connectivity index (χ1) is 13.0. The van der Waals surface area contributed by atoms with Crippen LogP contribution in [0.5, 0.6) is 0 Å². The lowest BCUT2D eigenvalue weighted by molar-refractivity contribution is -0.384. The molecule has 3 N–H and O–H groups in total. The Kier molecular flexibility index (Phi) is 7.00. The van der Waals surface area contributed by atoms with Crippen LogP contribution >= 0.6 is 0 Å². The molecule has 2 rings (SSSR count). The predicted molar refractivity (Wildman–Crippen MR) is 96.5 cm³/mol. The van der Waals surface area contributed by atoms with E-state index in [1.54, 1.807) is 0 Å². The fourth-order valence-electron chi connectivity index (χ4n) is 2.18. The van der Waals surface area contributed by atoms with Crippen LogP contribution in [0.2, 0.25) is 0 Å². The van der Waals surface area contributed by atoms with E-state index in [1.807, 2.05) is 30.3 Å². The smallest absolute Gasteiger partial charge is 0.270 e. The summed E-state index contributed by atoms with van der Waals surface area (Å²) >= 11 is 0. The summed E-state index contributed by atoms with van der Waals surface area (Å²) in [4.78, 5) is 45.4. The highest BCUT2D eigenvalue weighted by molar-refractivity contribution is 5.95. The molecule has 0 heterocycles. The molecule has 0 aliphatic rings. The van der Waals surface area contributed by atoms with E-state index < -0.39 is 16.7 Å². The first-order valence-electron chi connectivity index (χ1n) is 8.10. The molecule has 0 bridgehead atoms. The van der Waals surface area contributed by atoms with Crippen molar-refractivity contribution in [3.8, 4) is 0 Å². The molecule has 0 saturated carbocycles. The number of benzene rings is 2. The summed E-state index contributed by atoms with van der Waals surface area (Å²) in [6.07, 6.45) is 0.182. The molecule has 9 nitrogen and oxygen atoms in total. The van der Waals surface area contributed by atoms with E-state index in [0.29, 0.717) is 0 Å². The highest BCUT2D eigenvalue weighted by Crippen LogP contribution is 2.12. The van der Waals surface area contributed by atoms with Crippen molar-refractivity contribution in [3.05, 3.63) is 75.8 Å². The second kappa shape index (κ2) is 9.66. The van der Waals surface area contributed by atoms with E-state index in [4.69, 9.17) is 0 Å². The van der Waals surface area contributed by atoms with Gasteiger partial charge in [0.2, 0.25) is 11.8 Å². The summed E-state index contributed by atoms with van der Waals surface area (Å²) < 4.78 is 0. The normalized spacial score (nSPS) is 9.93. The zero-order valence-electron chi connectivity index (χ0n) is 14.3. The van der Waals surface area contributed by atoms with Gasteiger partial charge in [-0.25, -0.2) is 0 Å². The number of carbonyl (C=O) groups is 3. The molecule has 0 aliphatic heterocycles. The van der Waals surface area contributed by atoms with Crippen molar-refractivity contribution in [1.82, 2.24) is 16.2 Å². The predicted octanol–water partition coefficient (Wildman–Crippen LogP) is 1.10. The Hall–Kier alpha value is -3.75. The Labute approximate surface area is 154 Å². The van der Waals surface area contributed by atoms with Gasteiger partial charge in [-0.15, -0.1) is 0 Å². The van der Waals surface area contributed by atoms with Crippen molar-refractivity contribution in [3.63, 3.8) is 0 Å². The average molecular weight is 370 g/mol. The number of nitrogens with zero attached hydrogens (tertiary/aromatic N) is 1. The highest BCUT2D eigenvalue weighted by Gasteiger charge is 2.12. The van der Waals surface area contributed by atoms with Crippen LogP contribution in [-0.2, 0) is 16.0 Å². The van der Waals surface area contributed by atoms with Crippen molar-refractivity contribution < 1.29 is 19.3 Å². The fourth-order valence-corrected chi connectivity index (χ4v) is 2.18. The molecule has 0 fully saturated rings. The zero-order chi connectivity index (χ0) is 19.6. The second-order valence-electron chi connectivity index (χ2n) is 5.57. The molecular weight excluding hydrogens is 352 g/mol. The molecule has 140 valence electrons. The number of hydrogen-bond acceptors (Lipinski definition) is 5. The molecule has 0 atom stereocenters. The summed E-state index contributed by atoms with van der Waals surface area (Å²) in [6, 6.07) is 14.3. The Morgan fingerprint density at radius 2 is 1.67 bits per heavy atom. The monoisotopic (exact) mass is 370 g/mol. The van der Waals surface area contributed by atoms with Crippen molar-refractivity contribution in [2.24, 2.45) is 0 Å². The van der Waals surface area contributed by atoms with Gasteiger partial charge in [-0.05, 0) is 11.6 Å². The van der Waals surface area contributed by atoms with E-state index in [0.717, 1.165) is 11.6 Å². The van der Waals surface area contributed by atoms with Crippen LogP contribution in [-0.4, -0.2) is 29.2 Å². The Morgan fingerprint density at radius 3 is 2.37 bits per heavy atom. The minimum Gasteiger partial charge on any atom is -0.355 e. The molecule has 0 aromatic heterocycles. The van der Waals surface area contributed by atoms with Crippen LogP contribution in [0.3, 0.4) is 0 Å². The third-order valence-corrected chi connectivity index (χ3v) is 3.52. The molecule has 2 aromatic carbocycles. The molecule has 0 spiro atoms. The van der Waals surface area contributed by atoms with E-state index in [9.17, 15) is 24.5 Å². The molecule has 2 aromatic rings. The number of rotatable bonds is 7. The number of nitrogens with one attached hydrogen (secondary N) is 3. The maximum Gasteiger partial charge on any atom is 0.270 e. The highest BCUT2D eigenvalue weighted by atomic mass is 16.6. The Balaban J connectivity index is 1.70. The SMILES string of the molecule is O=C(Cc1ccccc1)NCCC(=O)NNC(=O)c1cccc([N+](=O)[O-])c1. The van der Waals surface area contributed by atoms with Gasteiger partial charge in [0.05, 0.1) is 11.3 Å². The first kappa shape index (κ1) is 19.6. The lowest BCUT2D eigenvalue weighted by Crippen LogP contribution is -2.42. The van der Waals surface area contributed by atoms with Gasteiger partial charge in [0.1, 0.15) is 0 Å². The lowest BCUT2D eigenvalue weighted by Gasteiger charge is -2.08. The topological polar surface area (TPSA) is 130 Å². The van der Waals surface area contributed by atoms with Crippen molar-refractivity contribution >= 4 is 23.4 Å². The van der Waals surface area contributed by atoms with Gasteiger partial charge < -0.3 is 5.32 Å². The number of carbonyl (C=O) groups excluding carboxylic acids is 3. The minimum absolute atomic E-state index is 0.0320. The standard InChI is InChI=1S/C18H18N4O5/c23-16(9-10-19-17(24)11-13-5-2-1-3-6-13)20-21-18(25)14-7-4-8-15(12-14)22(26)27/h1-8,12H,9-11H2,(H,19,24)(H,20,23)(H,21,25). The van der Waals surface area contributed by atoms with Crippen LogP contribution in [0.25, 0.3) is 0 Å². The number of hydrogen-bond donors (Lipinski definition) is 3. The second-order valence-corrected chi connectivity index (χ2v) is 5.57. The van der Waals surface area contributed by atoms with E-state index in [1.165, 1.54) is 18.2 Å². The van der Waals surface area contributed by atoms with Crippen LogP contribution in [0.1, 0.15) is 22.3 Å². The maximum atomic E-state index is 11.9. The molecule has 0 radical (unpaired) electrons. The third kappa shape index (κ3) is 6.58. The van der Waals surface area contributed by atoms with Gasteiger partial charge >= 0.3 is 0 Å². The Bertz CT molecular complexity index is 839. The summed E-state index contributed by atoms with van der Waals surface area (Å²) in [5.74, 6) is -1.40. The number of amides is 3. The summed E-state index contributed by atoms with van der Waals surface area (Å²) in [6.45, 7) is 0.115. The molecule has 3 amide bonds. The number of nitro groups is 1. The van der Waals surface area contributed by atoms with Gasteiger partial charge in [-0.2, -0.15) is 0 Å². The average Bonchev–Trinajstić information content (AvgIpc) is 2.67. The van der Waals surface area contributed by atoms with Gasteiger partial charge in [0.25, 0.3) is 11.6 Å². The van der Waals surface area contributed by atoms with E-state index >= 15 is 0 Å². The van der Waals surface area contributed by atoms with Gasteiger partial charge in [0, 0.05) is 30.7 Å². The lowest BCUT2D eigenvalue weighted by atomic mass is 10.1. The van der Waals surface area contributed by atoms with Crippen LogP contribution in [0.15, 0.2) is 54.6 Å². The van der Waals surface area contributed by atoms with Crippen molar-refractivity contribution in [2.75, 3.05) is 6.54 Å². The summed E-state index contributed by atoms with van der Waals surface area (Å²) in [7, 11) is 0. The first-order valence-corrected chi connectivity index (χ1v) is 8.10. The zero-order valence-corrected chi connectivity index (χ0v) is 14.3. The van der Waals surface area contributed by atoms with Crippen LogP contribution in [0, 0.1) is 10.1 Å². The third-order valence-electron chi connectivity index (χ3n) is 3.52. The molecule has 0 unspecified atom stereocenters. The largest absolute Gasteiger partial charge is 0.355 e. The van der Waals surface area contributed by atoms with Gasteiger partial charge in [-0.3, -0.25) is 35.3 Å². The summed E-state index contributed by atoms with van der Waals surface area (Å²) in [5.41, 5.74) is 5.04. The molecule has 27 heavy (non-hydrogen) atoms. The fraction of sp³-hybridized carbons (Fsp3) is 0.167. The molecular formula is C18H18N4O5. The van der Waals surface area contributed by atoms with Crippen molar-refractivity contribution in [2.45, 2.75) is 12.8 Å². The van der Waals surface area contributed by atoms with E-state index in [2.05, 4.69) is 16.2 Å². The Morgan fingerprint density at radius 1 is 0.926 bits per heavy atom. The quantitative estimate of drug-likeness (QED) is 0.496. The minimum atomic E-state index is -0.680. The number of nitro benzene ring substituents is 1. The summed E-state index contributed by atoms with van der Waals surface area (Å²) in [5, 5.41) is 13.3. The van der Waals surface area contributed by atoms with E-state index in [-0.39, 0.29) is 36.5 Å². The molecule has 9 heteroatoms. The van der Waals surface area contributed by atoms with Crippen molar-refractivity contribution in [1.29, 1.82) is 0 Å².